The molecule has 5 nitrogen and oxygen atoms in total. The molecule has 0 atom stereocenters. The molecule has 0 aromatic heterocycles. The minimum atomic E-state index is -4.84. The standard InChI is InChI=1S/C23H16F4N2O3/c24-17-8-4-5-15(13-17)14-20(29-21(30)16-6-2-1-3-7-16)22(31)28-18-9-11-19(12-10-18)32-23(25,26)27/h1-14H,(H,28,31)(H,29,30)/b20-14-. The number of rotatable bonds is 6. The second-order valence-corrected chi connectivity index (χ2v) is 6.46. The Morgan fingerprint density at radius 1 is 0.875 bits per heavy atom. The third-order valence-electron chi connectivity index (χ3n) is 4.03. The number of halogens is 4. The smallest absolute Gasteiger partial charge is 0.406 e. The fourth-order valence-corrected chi connectivity index (χ4v) is 2.64. The second-order valence-electron chi connectivity index (χ2n) is 6.46. The van der Waals surface area contributed by atoms with Crippen molar-refractivity contribution in [3.05, 3.63) is 102 Å². The van der Waals surface area contributed by atoms with Crippen molar-refractivity contribution >= 4 is 23.6 Å². The van der Waals surface area contributed by atoms with Crippen LogP contribution >= 0.6 is 0 Å². The van der Waals surface area contributed by atoms with E-state index in [1.807, 2.05) is 0 Å². The number of carbonyl (C=O) groups excluding carboxylic acids is 2. The molecule has 32 heavy (non-hydrogen) atoms. The molecule has 3 aromatic rings. The molecule has 0 fully saturated rings. The fourth-order valence-electron chi connectivity index (χ4n) is 2.64. The minimum absolute atomic E-state index is 0.156. The molecule has 0 radical (unpaired) electrons. The van der Waals surface area contributed by atoms with Gasteiger partial charge in [0.05, 0.1) is 0 Å². The highest BCUT2D eigenvalue weighted by Gasteiger charge is 2.31. The van der Waals surface area contributed by atoms with Gasteiger partial charge in [-0.15, -0.1) is 13.2 Å². The molecule has 0 aliphatic heterocycles. The van der Waals surface area contributed by atoms with Gasteiger partial charge in [0, 0.05) is 11.3 Å². The van der Waals surface area contributed by atoms with E-state index in [0.717, 1.165) is 12.1 Å². The van der Waals surface area contributed by atoms with Crippen molar-refractivity contribution in [2.45, 2.75) is 6.36 Å². The van der Waals surface area contributed by atoms with Gasteiger partial charge in [-0.05, 0) is 60.2 Å². The van der Waals surface area contributed by atoms with E-state index in [9.17, 15) is 27.2 Å². The number of benzene rings is 3. The molecule has 2 N–H and O–H groups in total. The third-order valence-corrected chi connectivity index (χ3v) is 4.03. The van der Waals surface area contributed by atoms with Crippen LogP contribution in [-0.4, -0.2) is 18.2 Å². The fraction of sp³-hybridized carbons (Fsp3) is 0.0435. The van der Waals surface area contributed by atoms with Gasteiger partial charge in [-0.25, -0.2) is 4.39 Å². The Morgan fingerprint density at radius 3 is 2.19 bits per heavy atom. The van der Waals surface area contributed by atoms with Crippen molar-refractivity contribution in [2.24, 2.45) is 0 Å². The average molecular weight is 444 g/mol. The zero-order chi connectivity index (χ0) is 23.1. The number of nitrogens with one attached hydrogen (secondary N) is 2. The van der Waals surface area contributed by atoms with Gasteiger partial charge in [0.25, 0.3) is 11.8 Å². The van der Waals surface area contributed by atoms with Crippen molar-refractivity contribution in [2.75, 3.05) is 5.32 Å². The molecule has 3 rings (SSSR count). The first-order valence-corrected chi connectivity index (χ1v) is 9.20. The van der Waals surface area contributed by atoms with Gasteiger partial charge in [-0.2, -0.15) is 0 Å². The summed E-state index contributed by atoms with van der Waals surface area (Å²) in [6.07, 6.45) is -3.56. The summed E-state index contributed by atoms with van der Waals surface area (Å²) >= 11 is 0. The van der Waals surface area contributed by atoms with Crippen molar-refractivity contribution in [3.63, 3.8) is 0 Å². The van der Waals surface area contributed by atoms with Crippen LogP contribution in [0.1, 0.15) is 15.9 Å². The van der Waals surface area contributed by atoms with Gasteiger partial charge in [-0.1, -0.05) is 30.3 Å². The summed E-state index contributed by atoms with van der Waals surface area (Å²) in [5.41, 5.74) is 0.570. The first-order valence-electron chi connectivity index (χ1n) is 9.20. The van der Waals surface area contributed by atoms with Gasteiger partial charge in [0.1, 0.15) is 17.3 Å². The lowest BCUT2D eigenvalue weighted by atomic mass is 10.1. The highest BCUT2D eigenvalue weighted by atomic mass is 19.4. The molecule has 9 heteroatoms. The normalized spacial score (nSPS) is 11.6. The Hall–Kier alpha value is -4.14. The minimum Gasteiger partial charge on any atom is -0.406 e. The molecule has 3 aromatic carbocycles. The zero-order valence-electron chi connectivity index (χ0n) is 16.3. The molecular weight excluding hydrogens is 428 g/mol. The monoisotopic (exact) mass is 444 g/mol. The quantitative estimate of drug-likeness (QED) is 0.409. The van der Waals surface area contributed by atoms with Crippen LogP contribution in [0.25, 0.3) is 6.08 Å². The largest absolute Gasteiger partial charge is 0.573 e. The van der Waals surface area contributed by atoms with Crippen LogP contribution in [0.15, 0.2) is 84.6 Å². The number of alkyl halides is 3. The molecule has 0 heterocycles. The Kier molecular flexibility index (Phi) is 6.89. The molecule has 0 saturated carbocycles. The molecule has 0 aliphatic rings. The summed E-state index contributed by atoms with van der Waals surface area (Å²) in [6.45, 7) is 0. The number of carbonyl (C=O) groups is 2. The molecule has 164 valence electrons. The maximum Gasteiger partial charge on any atom is 0.573 e. The first-order chi connectivity index (χ1) is 15.2. The highest BCUT2D eigenvalue weighted by molar-refractivity contribution is 6.10. The Labute approximate surface area is 180 Å². The summed E-state index contributed by atoms with van der Waals surface area (Å²) in [5, 5.41) is 4.95. The predicted molar refractivity (Wildman–Crippen MR) is 110 cm³/mol. The van der Waals surface area contributed by atoms with E-state index < -0.39 is 29.7 Å². The van der Waals surface area contributed by atoms with E-state index >= 15 is 0 Å². The molecule has 0 spiro atoms. The SMILES string of the molecule is O=C(Nc1ccc(OC(F)(F)F)cc1)/C(=C/c1cccc(F)c1)NC(=O)c1ccccc1. The molecule has 0 saturated heterocycles. The van der Waals surface area contributed by atoms with Gasteiger partial charge >= 0.3 is 6.36 Å². The van der Waals surface area contributed by atoms with Crippen LogP contribution in [-0.2, 0) is 4.79 Å². The van der Waals surface area contributed by atoms with Crippen LogP contribution in [0.5, 0.6) is 5.75 Å². The lowest BCUT2D eigenvalue weighted by Crippen LogP contribution is -2.30. The number of hydrogen-bond acceptors (Lipinski definition) is 3. The Bertz CT molecular complexity index is 1130. The summed E-state index contributed by atoms with van der Waals surface area (Å²) in [6, 6.07) is 18.0. The van der Waals surface area contributed by atoms with Crippen LogP contribution in [0, 0.1) is 5.82 Å². The van der Waals surface area contributed by atoms with Gasteiger partial charge in [0.2, 0.25) is 0 Å². The van der Waals surface area contributed by atoms with Crippen LogP contribution in [0.2, 0.25) is 0 Å². The van der Waals surface area contributed by atoms with E-state index in [4.69, 9.17) is 0 Å². The molecule has 0 bridgehead atoms. The molecule has 0 unspecified atom stereocenters. The van der Waals surface area contributed by atoms with Crippen molar-refractivity contribution in [1.29, 1.82) is 0 Å². The molecule has 0 aliphatic carbocycles. The topological polar surface area (TPSA) is 67.4 Å². The number of ether oxygens (including phenoxy) is 1. The van der Waals surface area contributed by atoms with Crippen molar-refractivity contribution < 1.29 is 31.9 Å². The summed E-state index contributed by atoms with van der Waals surface area (Å²) in [7, 11) is 0. The summed E-state index contributed by atoms with van der Waals surface area (Å²) < 4.78 is 54.2. The Morgan fingerprint density at radius 2 is 1.56 bits per heavy atom. The first kappa shape index (κ1) is 22.5. The highest BCUT2D eigenvalue weighted by Crippen LogP contribution is 2.24. The van der Waals surface area contributed by atoms with Gasteiger partial charge in [0.15, 0.2) is 0 Å². The lowest BCUT2D eigenvalue weighted by Gasteiger charge is -2.12. The predicted octanol–water partition coefficient (Wildman–Crippen LogP) is 5.13. The van der Waals surface area contributed by atoms with E-state index in [0.29, 0.717) is 11.1 Å². The van der Waals surface area contributed by atoms with E-state index in [1.54, 1.807) is 30.3 Å². The zero-order valence-corrected chi connectivity index (χ0v) is 16.3. The lowest BCUT2D eigenvalue weighted by molar-refractivity contribution is -0.274. The maximum absolute atomic E-state index is 13.5. The Balaban J connectivity index is 1.82. The number of anilines is 1. The van der Waals surface area contributed by atoms with E-state index in [-0.39, 0.29) is 11.4 Å². The van der Waals surface area contributed by atoms with E-state index in [1.165, 1.54) is 42.5 Å². The van der Waals surface area contributed by atoms with Crippen LogP contribution in [0.3, 0.4) is 0 Å². The second kappa shape index (κ2) is 9.78. The summed E-state index contributed by atoms with van der Waals surface area (Å²) in [4.78, 5) is 25.3. The van der Waals surface area contributed by atoms with Crippen LogP contribution < -0.4 is 15.4 Å². The molecule has 2 amide bonds. The van der Waals surface area contributed by atoms with Gasteiger partial charge < -0.3 is 15.4 Å². The molecular formula is C23H16F4N2O3. The number of hydrogen-bond donors (Lipinski definition) is 2. The van der Waals surface area contributed by atoms with Gasteiger partial charge in [-0.3, -0.25) is 9.59 Å². The third kappa shape index (κ3) is 6.69. The number of amides is 2. The summed E-state index contributed by atoms with van der Waals surface area (Å²) in [5.74, 6) is -2.32. The average Bonchev–Trinajstić information content (AvgIpc) is 2.74. The maximum atomic E-state index is 13.5. The van der Waals surface area contributed by atoms with Crippen molar-refractivity contribution in [1.82, 2.24) is 5.32 Å². The van der Waals surface area contributed by atoms with Crippen molar-refractivity contribution in [3.8, 4) is 5.75 Å². The van der Waals surface area contributed by atoms with Crippen LogP contribution in [0.4, 0.5) is 23.2 Å². The van der Waals surface area contributed by atoms with E-state index in [2.05, 4.69) is 15.4 Å².